The van der Waals surface area contributed by atoms with Gasteiger partial charge in [0.25, 0.3) is 0 Å². The molecule has 0 bridgehead atoms. The first-order valence-corrected chi connectivity index (χ1v) is 14.6. The molecule has 4 heterocycles. The minimum Gasteiger partial charge on any atom is -0.389 e. The molecule has 0 aliphatic carbocycles. The molecule has 42 heavy (non-hydrogen) atoms. The highest BCUT2D eigenvalue weighted by molar-refractivity contribution is 7.16. The van der Waals surface area contributed by atoms with E-state index in [1.54, 1.807) is 23.2 Å². The van der Waals surface area contributed by atoms with Crippen molar-refractivity contribution < 1.29 is 14.3 Å². The van der Waals surface area contributed by atoms with Gasteiger partial charge in [-0.25, -0.2) is 14.4 Å². The summed E-state index contributed by atoms with van der Waals surface area (Å²) in [5.41, 5.74) is 5.53. The van der Waals surface area contributed by atoms with E-state index in [9.17, 15) is 19.6 Å². The van der Waals surface area contributed by atoms with Crippen molar-refractivity contribution in [2.75, 3.05) is 44.7 Å². The Balaban J connectivity index is 1.28. The highest BCUT2D eigenvalue weighted by Crippen LogP contribution is 2.34. The summed E-state index contributed by atoms with van der Waals surface area (Å²) in [6, 6.07) is 8.18. The summed E-state index contributed by atoms with van der Waals surface area (Å²) < 4.78 is 13.4. The second-order valence-electron chi connectivity index (χ2n) is 10.3. The number of hydrogen-bond donors (Lipinski definition) is 2. The number of carbonyl (C=O) groups is 1. The van der Waals surface area contributed by atoms with Gasteiger partial charge in [0, 0.05) is 50.7 Å². The van der Waals surface area contributed by atoms with E-state index in [0.29, 0.717) is 59.4 Å². The van der Waals surface area contributed by atoms with E-state index in [1.807, 2.05) is 32.0 Å². The maximum absolute atomic E-state index is 13.4. The molecule has 0 radical (unpaired) electrons. The third-order valence-corrected chi connectivity index (χ3v) is 8.55. The van der Waals surface area contributed by atoms with Crippen LogP contribution in [0.5, 0.6) is 0 Å². The number of nitrogens with one attached hydrogen (secondary N) is 1. The van der Waals surface area contributed by atoms with Crippen molar-refractivity contribution in [1.82, 2.24) is 24.8 Å². The number of H-pyrrole nitrogens is 1. The third kappa shape index (κ3) is 6.49. The minimum absolute atomic E-state index is 0.0592. The zero-order chi connectivity index (χ0) is 29.8. The molecule has 218 valence electrons. The van der Waals surface area contributed by atoms with Crippen molar-refractivity contribution in [3.05, 3.63) is 76.0 Å². The molecule has 2 aliphatic heterocycles. The van der Waals surface area contributed by atoms with E-state index >= 15 is 0 Å². The number of β-amino-alcohol motifs (C(OH)–C–C–N with tert-alkyl or cyclic N) is 1. The zero-order valence-electron chi connectivity index (χ0n) is 23.8. The Bertz CT molecular complexity index is 1610. The van der Waals surface area contributed by atoms with Crippen LogP contribution in [0.2, 0.25) is 0 Å². The van der Waals surface area contributed by atoms with E-state index in [1.165, 1.54) is 23.5 Å². The molecule has 1 aromatic carbocycles. The number of allylic oxidation sites excluding steroid dienone is 2. The number of aliphatic hydroxyl groups excluding tert-OH is 1. The van der Waals surface area contributed by atoms with E-state index in [0.717, 1.165) is 35.6 Å². The summed E-state index contributed by atoms with van der Waals surface area (Å²) in [6.45, 7) is 6.65. The molecule has 3 aromatic rings. The molecule has 2 N–H and O–H groups in total. The van der Waals surface area contributed by atoms with Gasteiger partial charge in [-0.3, -0.25) is 14.7 Å². The van der Waals surface area contributed by atoms with Gasteiger partial charge < -0.3 is 19.9 Å². The maximum atomic E-state index is 13.4. The molecule has 5 rings (SSSR count). The number of nitrogens with zero attached hydrogens (tertiary/aromatic N) is 7. The summed E-state index contributed by atoms with van der Waals surface area (Å²) >= 11 is 1.28. The maximum Gasteiger partial charge on any atom is 0.236 e. The first-order valence-electron chi connectivity index (χ1n) is 13.8. The van der Waals surface area contributed by atoms with Crippen LogP contribution in [0.25, 0.3) is 16.8 Å². The number of benzene rings is 1. The topological polar surface area (TPSA) is 125 Å². The molecule has 12 heteroatoms. The Kier molecular flexibility index (Phi) is 8.91. The largest absolute Gasteiger partial charge is 0.389 e. The SMILES string of the molecule is CCC(/N=c1/cnc(C2=CCN(CC(=O)N3CC(O)C3)CC2)c[nH]1)=C(/C)N(C)c1nc(-c2ccc(F)cc2)c(C#N)s1. The first kappa shape index (κ1) is 29.3. The van der Waals surface area contributed by atoms with E-state index < -0.39 is 0 Å². The number of aromatic nitrogens is 3. The summed E-state index contributed by atoms with van der Waals surface area (Å²) in [5, 5.41) is 19.7. The molecule has 1 fully saturated rings. The van der Waals surface area contributed by atoms with Gasteiger partial charge in [0.2, 0.25) is 5.91 Å². The summed E-state index contributed by atoms with van der Waals surface area (Å²) in [5.74, 6) is -0.281. The Labute approximate surface area is 247 Å². The number of carbonyl (C=O) groups excluding carboxylic acids is 1. The van der Waals surface area contributed by atoms with Crippen LogP contribution in [0, 0.1) is 17.1 Å². The van der Waals surface area contributed by atoms with Gasteiger partial charge in [-0.15, -0.1) is 0 Å². The van der Waals surface area contributed by atoms with Crippen molar-refractivity contribution in [2.24, 2.45) is 4.99 Å². The van der Waals surface area contributed by atoms with Crippen molar-refractivity contribution in [2.45, 2.75) is 32.8 Å². The highest BCUT2D eigenvalue weighted by atomic mass is 32.1. The van der Waals surface area contributed by atoms with E-state index in [4.69, 9.17) is 9.98 Å². The van der Waals surface area contributed by atoms with E-state index in [2.05, 4.69) is 27.0 Å². The lowest BCUT2D eigenvalue weighted by Gasteiger charge is -2.37. The molecule has 2 aromatic heterocycles. The number of rotatable bonds is 8. The van der Waals surface area contributed by atoms with Crippen LogP contribution in [-0.4, -0.2) is 81.6 Å². The molecule has 0 saturated carbocycles. The number of anilines is 1. The number of amides is 1. The fraction of sp³-hybridized carbons (Fsp3) is 0.367. The molecular formula is C30H33FN8O2S. The normalized spacial score (nSPS) is 16.9. The van der Waals surface area contributed by atoms with Crippen LogP contribution < -0.4 is 10.4 Å². The average Bonchev–Trinajstić information content (AvgIpc) is 3.43. The molecule has 2 aliphatic rings. The van der Waals surface area contributed by atoms with Crippen LogP contribution in [0.3, 0.4) is 0 Å². The van der Waals surface area contributed by atoms with Crippen LogP contribution in [-0.2, 0) is 4.79 Å². The second-order valence-corrected chi connectivity index (χ2v) is 11.3. The van der Waals surface area contributed by atoms with Gasteiger partial charge in [-0.05, 0) is 49.6 Å². The van der Waals surface area contributed by atoms with E-state index in [-0.39, 0.29) is 17.8 Å². The molecule has 1 saturated heterocycles. The summed E-state index contributed by atoms with van der Waals surface area (Å²) in [4.78, 5) is 35.9. The predicted octanol–water partition coefficient (Wildman–Crippen LogP) is 3.51. The Morgan fingerprint density at radius 2 is 2.10 bits per heavy atom. The fourth-order valence-electron chi connectivity index (χ4n) is 4.85. The molecule has 0 unspecified atom stereocenters. The summed E-state index contributed by atoms with van der Waals surface area (Å²) in [6.07, 6.45) is 6.75. The van der Waals surface area contributed by atoms with Crippen LogP contribution in [0.1, 0.15) is 37.3 Å². The molecular weight excluding hydrogens is 555 g/mol. The Hall–Kier alpha value is -4.18. The lowest BCUT2D eigenvalue weighted by Crippen LogP contribution is -2.56. The molecule has 0 atom stereocenters. The lowest BCUT2D eigenvalue weighted by atomic mass is 10.1. The van der Waals surface area contributed by atoms with Gasteiger partial charge in [0.05, 0.1) is 30.2 Å². The first-order chi connectivity index (χ1) is 20.2. The van der Waals surface area contributed by atoms with Gasteiger partial charge in [0.15, 0.2) is 5.13 Å². The standard InChI is InChI=1S/C30H33FN8O2S/c1-4-24(19(2)37(3)30-36-29(26(13-32)42-30)21-5-7-22(31)8-6-21)35-27-15-33-25(14-34-27)20-9-11-38(12-10-20)18-28(41)39-16-23(40)17-39/h5-9,14-15,23,40H,4,10-12,16-18H2,1-3H3,(H,34,35)/b24-19+. The summed E-state index contributed by atoms with van der Waals surface area (Å²) in [7, 11) is 1.89. The van der Waals surface area contributed by atoms with Gasteiger partial charge in [-0.2, -0.15) is 5.26 Å². The smallest absolute Gasteiger partial charge is 0.236 e. The number of nitriles is 1. The van der Waals surface area contributed by atoms with Gasteiger partial charge >= 0.3 is 0 Å². The van der Waals surface area contributed by atoms with Crippen molar-refractivity contribution in [1.29, 1.82) is 5.26 Å². The number of thiazole rings is 1. The van der Waals surface area contributed by atoms with Crippen LogP contribution >= 0.6 is 11.3 Å². The number of aromatic amines is 1. The number of aliphatic hydroxyl groups is 1. The number of hydrogen-bond acceptors (Lipinski definition) is 9. The Morgan fingerprint density at radius 3 is 2.69 bits per heavy atom. The lowest BCUT2D eigenvalue weighted by molar-refractivity contribution is -0.142. The molecule has 0 spiro atoms. The van der Waals surface area contributed by atoms with Crippen LogP contribution in [0.15, 0.2) is 59.1 Å². The zero-order valence-corrected chi connectivity index (χ0v) is 24.7. The molecule has 10 nitrogen and oxygen atoms in total. The van der Waals surface area contributed by atoms with Gasteiger partial charge in [-0.1, -0.05) is 24.3 Å². The predicted molar refractivity (Wildman–Crippen MR) is 159 cm³/mol. The molecule has 1 amide bonds. The second kappa shape index (κ2) is 12.8. The quantitative estimate of drug-likeness (QED) is 0.413. The van der Waals surface area contributed by atoms with Gasteiger partial charge in [0.1, 0.15) is 27.9 Å². The Morgan fingerprint density at radius 1 is 1.33 bits per heavy atom. The van der Waals surface area contributed by atoms with Crippen LogP contribution in [0.4, 0.5) is 9.52 Å². The van der Waals surface area contributed by atoms with Crippen molar-refractivity contribution in [3.63, 3.8) is 0 Å². The van der Waals surface area contributed by atoms with Crippen molar-refractivity contribution >= 4 is 27.9 Å². The number of likely N-dealkylation sites (tertiary alicyclic amines) is 1. The number of halogens is 1. The highest BCUT2D eigenvalue weighted by Gasteiger charge is 2.30. The van der Waals surface area contributed by atoms with Crippen molar-refractivity contribution in [3.8, 4) is 17.3 Å². The monoisotopic (exact) mass is 588 g/mol. The fourth-order valence-corrected chi connectivity index (χ4v) is 5.75. The minimum atomic E-state index is -0.384. The third-order valence-electron chi connectivity index (χ3n) is 7.51. The average molecular weight is 589 g/mol.